The first-order chi connectivity index (χ1) is 4.34. The molecule has 0 saturated carbocycles. The molecular weight excluding hydrogens is 132 g/mol. The SMILES string of the molecule is C=CC[N+]1=C(N)SCC1. The van der Waals surface area contributed by atoms with E-state index in [4.69, 9.17) is 5.73 Å². The Bertz CT molecular complexity index is 151. The van der Waals surface area contributed by atoms with E-state index >= 15 is 0 Å². The van der Waals surface area contributed by atoms with Gasteiger partial charge in [0, 0.05) is 5.75 Å². The van der Waals surface area contributed by atoms with E-state index in [9.17, 15) is 0 Å². The van der Waals surface area contributed by atoms with E-state index in [1.807, 2.05) is 6.08 Å². The summed E-state index contributed by atoms with van der Waals surface area (Å²) in [5, 5.41) is 0.940. The van der Waals surface area contributed by atoms with Crippen molar-refractivity contribution in [2.24, 2.45) is 5.73 Å². The second-order valence-corrected chi connectivity index (χ2v) is 3.04. The maximum atomic E-state index is 5.62. The Hall–Kier alpha value is -0.440. The summed E-state index contributed by atoms with van der Waals surface area (Å²) in [5.41, 5.74) is 5.62. The summed E-state index contributed by atoms with van der Waals surface area (Å²) in [4.78, 5) is 0. The van der Waals surface area contributed by atoms with Crippen LogP contribution in [0.25, 0.3) is 0 Å². The molecule has 0 aromatic carbocycles. The van der Waals surface area contributed by atoms with Crippen LogP contribution in [0.3, 0.4) is 0 Å². The van der Waals surface area contributed by atoms with Crippen molar-refractivity contribution in [3.63, 3.8) is 0 Å². The smallest absolute Gasteiger partial charge is 0.281 e. The molecule has 0 spiro atoms. The van der Waals surface area contributed by atoms with Crippen LogP contribution in [-0.2, 0) is 0 Å². The molecule has 3 heteroatoms. The molecule has 2 N–H and O–H groups in total. The van der Waals surface area contributed by atoms with Crippen molar-refractivity contribution >= 4 is 16.9 Å². The number of nitrogens with two attached hydrogens (primary N) is 1. The van der Waals surface area contributed by atoms with Gasteiger partial charge in [0.1, 0.15) is 6.54 Å². The minimum atomic E-state index is 0.888. The number of amidine groups is 1. The van der Waals surface area contributed by atoms with Gasteiger partial charge in [-0.15, -0.1) is 0 Å². The highest BCUT2D eigenvalue weighted by Crippen LogP contribution is 2.06. The molecule has 0 fully saturated rings. The Morgan fingerprint density at radius 1 is 1.89 bits per heavy atom. The topological polar surface area (TPSA) is 29.0 Å². The predicted octanol–water partition coefficient (Wildman–Crippen LogP) is 0.246. The van der Waals surface area contributed by atoms with Crippen molar-refractivity contribution in [1.82, 2.24) is 0 Å². The lowest BCUT2D eigenvalue weighted by atomic mass is 10.5. The molecule has 2 nitrogen and oxygen atoms in total. The highest BCUT2D eigenvalue weighted by atomic mass is 32.2. The van der Waals surface area contributed by atoms with E-state index in [1.54, 1.807) is 11.8 Å². The fourth-order valence-corrected chi connectivity index (χ4v) is 1.67. The van der Waals surface area contributed by atoms with E-state index in [2.05, 4.69) is 11.2 Å². The number of hydrogen-bond acceptors (Lipinski definition) is 2. The van der Waals surface area contributed by atoms with E-state index < -0.39 is 0 Å². The average molecular weight is 143 g/mol. The number of hydrogen-bond donors (Lipinski definition) is 1. The van der Waals surface area contributed by atoms with Crippen LogP contribution in [0.5, 0.6) is 0 Å². The monoisotopic (exact) mass is 143 g/mol. The van der Waals surface area contributed by atoms with Crippen LogP contribution in [0.4, 0.5) is 0 Å². The van der Waals surface area contributed by atoms with Crippen molar-refractivity contribution in [2.45, 2.75) is 0 Å². The number of rotatable bonds is 2. The van der Waals surface area contributed by atoms with Gasteiger partial charge >= 0.3 is 5.17 Å². The Kier molecular flexibility index (Phi) is 2.16. The van der Waals surface area contributed by atoms with E-state index in [0.717, 1.165) is 24.0 Å². The first kappa shape index (κ1) is 6.68. The first-order valence-electron chi connectivity index (χ1n) is 2.95. The molecule has 0 aliphatic carbocycles. The standard InChI is InChI=1S/C6H10N2S/c1-2-3-8-4-5-9-6(8)7/h2,7H,1,3-5H2/p+1. The van der Waals surface area contributed by atoms with E-state index in [-0.39, 0.29) is 0 Å². The molecule has 0 amide bonds. The lowest BCUT2D eigenvalue weighted by Crippen LogP contribution is -2.20. The van der Waals surface area contributed by atoms with Crippen molar-refractivity contribution in [2.75, 3.05) is 18.8 Å². The van der Waals surface area contributed by atoms with Gasteiger partial charge in [0.05, 0.1) is 6.54 Å². The molecule has 1 aliphatic rings. The van der Waals surface area contributed by atoms with Crippen LogP contribution in [0.1, 0.15) is 0 Å². The highest BCUT2D eigenvalue weighted by Gasteiger charge is 2.15. The fraction of sp³-hybridized carbons (Fsp3) is 0.500. The Balaban J connectivity index is 2.54. The molecule has 0 aromatic heterocycles. The van der Waals surface area contributed by atoms with Crippen molar-refractivity contribution in [1.29, 1.82) is 0 Å². The molecule has 9 heavy (non-hydrogen) atoms. The lowest BCUT2D eigenvalue weighted by Gasteiger charge is -1.93. The van der Waals surface area contributed by atoms with Gasteiger partial charge in [-0.25, -0.2) is 0 Å². The maximum absolute atomic E-state index is 5.62. The molecule has 0 radical (unpaired) electrons. The third-order valence-corrected chi connectivity index (χ3v) is 2.21. The maximum Gasteiger partial charge on any atom is 0.304 e. The van der Waals surface area contributed by atoms with Crippen LogP contribution < -0.4 is 5.73 Å². The third kappa shape index (κ3) is 1.48. The molecule has 0 unspecified atom stereocenters. The van der Waals surface area contributed by atoms with Gasteiger partial charge in [0.15, 0.2) is 0 Å². The van der Waals surface area contributed by atoms with Gasteiger partial charge in [0.2, 0.25) is 0 Å². The number of thioether (sulfide) groups is 1. The zero-order valence-electron chi connectivity index (χ0n) is 5.34. The highest BCUT2D eigenvalue weighted by molar-refractivity contribution is 8.13. The van der Waals surface area contributed by atoms with E-state index in [0.29, 0.717) is 0 Å². The van der Waals surface area contributed by atoms with Crippen LogP contribution in [-0.4, -0.2) is 28.6 Å². The minimum Gasteiger partial charge on any atom is -0.281 e. The summed E-state index contributed by atoms with van der Waals surface area (Å²) in [6, 6.07) is 0. The summed E-state index contributed by atoms with van der Waals surface area (Å²) >= 11 is 1.72. The largest absolute Gasteiger partial charge is 0.304 e. The molecule has 0 bridgehead atoms. The third-order valence-electron chi connectivity index (χ3n) is 1.27. The predicted molar refractivity (Wildman–Crippen MR) is 41.8 cm³/mol. The summed E-state index contributed by atoms with van der Waals surface area (Å²) in [6.45, 7) is 5.60. The van der Waals surface area contributed by atoms with Crippen LogP contribution in [0.2, 0.25) is 0 Å². The quantitative estimate of drug-likeness (QED) is 0.443. The van der Waals surface area contributed by atoms with E-state index in [1.165, 1.54) is 0 Å². The van der Waals surface area contributed by atoms with Gasteiger partial charge < -0.3 is 0 Å². The molecule has 0 aromatic rings. The molecule has 1 rings (SSSR count). The molecule has 1 heterocycles. The fourth-order valence-electron chi connectivity index (χ4n) is 0.799. The van der Waals surface area contributed by atoms with Gasteiger partial charge in [0.25, 0.3) is 0 Å². The normalized spacial score (nSPS) is 18.7. The molecule has 50 valence electrons. The van der Waals surface area contributed by atoms with Crippen molar-refractivity contribution in [3.8, 4) is 0 Å². The molecule has 0 atom stereocenters. The van der Waals surface area contributed by atoms with Crippen molar-refractivity contribution in [3.05, 3.63) is 12.7 Å². The first-order valence-corrected chi connectivity index (χ1v) is 3.94. The Labute approximate surface area is 59.4 Å². The molecule has 0 saturated heterocycles. The Morgan fingerprint density at radius 3 is 3.11 bits per heavy atom. The lowest BCUT2D eigenvalue weighted by molar-refractivity contribution is -0.508. The summed E-state index contributed by atoms with van der Waals surface area (Å²) in [7, 11) is 0. The van der Waals surface area contributed by atoms with Crippen LogP contribution in [0, 0.1) is 0 Å². The van der Waals surface area contributed by atoms with Gasteiger partial charge in [-0.2, -0.15) is 0 Å². The number of nitrogens with zero attached hydrogens (tertiary/aromatic N) is 1. The summed E-state index contributed by atoms with van der Waals surface area (Å²) in [6.07, 6.45) is 1.87. The average Bonchev–Trinajstić information content (AvgIpc) is 2.18. The van der Waals surface area contributed by atoms with Gasteiger partial charge in [-0.3, -0.25) is 10.3 Å². The Morgan fingerprint density at radius 2 is 2.67 bits per heavy atom. The van der Waals surface area contributed by atoms with Crippen LogP contribution >= 0.6 is 11.8 Å². The van der Waals surface area contributed by atoms with Gasteiger partial charge in [-0.05, 0) is 11.8 Å². The zero-order chi connectivity index (χ0) is 6.69. The second-order valence-electron chi connectivity index (χ2n) is 1.92. The zero-order valence-corrected chi connectivity index (χ0v) is 6.16. The molecule has 1 aliphatic heterocycles. The summed E-state index contributed by atoms with van der Waals surface area (Å²) in [5.74, 6) is 1.12. The second kappa shape index (κ2) is 2.92. The molecular formula is C6H11N2S+. The van der Waals surface area contributed by atoms with Gasteiger partial charge in [-0.1, -0.05) is 12.7 Å². The van der Waals surface area contributed by atoms with Crippen LogP contribution in [0.15, 0.2) is 12.7 Å². The minimum absolute atomic E-state index is 0.888. The van der Waals surface area contributed by atoms with Crippen molar-refractivity contribution < 1.29 is 4.58 Å². The summed E-state index contributed by atoms with van der Waals surface area (Å²) < 4.78 is 2.12.